The first kappa shape index (κ1) is 15.9. The van der Waals surface area contributed by atoms with Gasteiger partial charge in [0.2, 0.25) is 15.9 Å². The van der Waals surface area contributed by atoms with E-state index in [-0.39, 0.29) is 17.3 Å². The van der Waals surface area contributed by atoms with Crippen molar-refractivity contribution in [2.75, 3.05) is 11.9 Å². The Morgan fingerprint density at radius 3 is 2.71 bits per heavy atom. The van der Waals surface area contributed by atoms with Crippen LogP contribution in [0, 0.1) is 0 Å². The summed E-state index contributed by atoms with van der Waals surface area (Å²) in [5.41, 5.74) is 6.71. The highest BCUT2D eigenvalue weighted by Crippen LogP contribution is 2.25. The molecule has 1 amide bonds. The Labute approximate surface area is 125 Å². The number of carbonyl (C=O) groups is 1. The standard InChI is InChI=1S/C14H21N3O3S/c1-14(2,15)9-16-21(19,20)11-6-7-12-10(8-11)4-3-5-13(18)17-12/h6-8,16H,3-5,9,15H2,1-2H3,(H,17,18). The summed E-state index contributed by atoms with van der Waals surface area (Å²) in [6.45, 7) is 3.66. The molecule has 1 aliphatic heterocycles. The van der Waals surface area contributed by atoms with Crippen LogP contribution in [0.25, 0.3) is 0 Å². The second-order valence-electron chi connectivity index (χ2n) is 6.03. The van der Waals surface area contributed by atoms with E-state index in [1.165, 1.54) is 6.07 Å². The minimum Gasteiger partial charge on any atom is -0.326 e. The smallest absolute Gasteiger partial charge is 0.240 e. The van der Waals surface area contributed by atoms with Crippen molar-refractivity contribution >= 4 is 21.6 Å². The van der Waals surface area contributed by atoms with E-state index in [1.807, 2.05) is 0 Å². The van der Waals surface area contributed by atoms with Crippen LogP contribution in [-0.4, -0.2) is 26.4 Å². The summed E-state index contributed by atoms with van der Waals surface area (Å²) < 4.78 is 27.0. The Hall–Kier alpha value is -1.44. The van der Waals surface area contributed by atoms with E-state index >= 15 is 0 Å². The molecule has 21 heavy (non-hydrogen) atoms. The molecule has 1 aromatic rings. The molecule has 1 aliphatic rings. The summed E-state index contributed by atoms with van der Waals surface area (Å²) in [6.07, 6.45) is 1.85. The lowest BCUT2D eigenvalue weighted by Gasteiger charge is -2.19. The molecular formula is C14H21N3O3S. The topological polar surface area (TPSA) is 101 Å². The van der Waals surface area contributed by atoms with Crippen molar-refractivity contribution in [3.05, 3.63) is 23.8 Å². The fraction of sp³-hybridized carbons (Fsp3) is 0.500. The summed E-state index contributed by atoms with van der Waals surface area (Å²) in [4.78, 5) is 11.7. The number of carbonyl (C=O) groups excluding carboxylic acids is 1. The number of rotatable bonds is 4. The molecule has 0 aromatic heterocycles. The molecule has 1 aromatic carbocycles. The molecule has 2 rings (SSSR count). The summed E-state index contributed by atoms with van der Waals surface area (Å²) in [7, 11) is -3.60. The van der Waals surface area contributed by atoms with Crippen molar-refractivity contribution in [3.63, 3.8) is 0 Å². The van der Waals surface area contributed by atoms with E-state index in [9.17, 15) is 13.2 Å². The Balaban J connectivity index is 2.25. The van der Waals surface area contributed by atoms with Gasteiger partial charge in [0, 0.05) is 24.2 Å². The predicted molar refractivity (Wildman–Crippen MR) is 81.5 cm³/mol. The number of aryl methyl sites for hydroxylation is 1. The van der Waals surface area contributed by atoms with Gasteiger partial charge in [0.1, 0.15) is 0 Å². The van der Waals surface area contributed by atoms with E-state index in [2.05, 4.69) is 10.0 Å². The van der Waals surface area contributed by atoms with E-state index in [1.54, 1.807) is 26.0 Å². The second kappa shape index (κ2) is 5.75. The maximum atomic E-state index is 12.3. The molecule has 0 saturated carbocycles. The van der Waals surface area contributed by atoms with Crippen molar-refractivity contribution in [2.24, 2.45) is 5.73 Å². The first-order valence-electron chi connectivity index (χ1n) is 6.89. The third-order valence-electron chi connectivity index (χ3n) is 3.23. The normalized spacial score (nSPS) is 16.0. The van der Waals surface area contributed by atoms with Gasteiger partial charge in [-0.3, -0.25) is 4.79 Å². The van der Waals surface area contributed by atoms with Crippen LogP contribution in [0.4, 0.5) is 5.69 Å². The lowest BCUT2D eigenvalue weighted by Crippen LogP contribution is -2.45. The van der Waals surface area contributed by atoms with Gasteiger partial charge in [-0.2, -0.15) is 0 Å². The molecule has 1 heterocycles. The number of amides is 1. The fourth-order valence-corrected chi connectivity index (χ4v) is 3.36. The highest BCUT2D eigenvalue weighted by atomic mass is 32.2. The summed E-state index contributed by atoms with van der Waals surface area (Å²) in [5.74, 6) is -0.0348. The van der Waals surface area contributed by atoms with Gasteiger partial charge in [0.05, 0.1) is 4.90 Å². The van der Waals surface area contributed by atoms with Gasteiger partial charge in [-0.25, -0.2) is 13.1 Å². The number of benzene rings is 1. The van der Waals surface area contributed by atoms with Crippen LogP contribution in [0.1, 0.15) is 32.3 Å². The minimum absolute atomic E-state index is 0.0348. The summed E-state index contributed by atoms with van der Waals surface area (Å²) >= 11 is 0. The Morgan fingerprint density at radius 2 is 2.05 bits per heavy atom. The highest BCUT2D eigenvalue weighted by Gasteiger charge is 2.21. The lowest BCUT2D eigenvalue weighted by molar-refractivity contribution is -0.116. The van der Waals surface area contributed by atoms with Gasteiger partial charge >= 0.3 is 0 Å². The number of nitrogens with two attached hydrogens (primary N) is 1. The van der Waals surface area contributed by atoms with Crippen LogP contribution in [0.5, 0.6) is 0 Å². The molecule has 0 spiro atoms. The van der Waals surface area contributed by atoms with Gasteiger partial charge in [0.25, 0.3) is 0 Å². The summed E-state index contributed by atoms with van der Waals surface area (Å²) in [6, 6.07) is 4.75. The Bertz CT molecular complexity index is 648. The van der Waals surface area contributed by atoms with Gasteiger partial charge < -0.3 is 11.1 Å². The molecular weight excluding hydrogens is 290 g/mol. The molecule has 116 valence electrons. The first-order valence-corrected chi connectivity index (χ1v) is 8.37. The fourth-order valence-electron chi connectivity index (χ4n) is 2.08. The van der Waals surface area contributed by atoms with Crippen molar-refractivity contribution in [2.45, 2.75) is 43.5 Å². The maximum Gasteiger partial charge on any atom is 0.240 e. The van der Waals surface area contributed by atoms with Gasteiger partial charge in [-0.05, 0) is 50.5 Å². The zero-order chi connectivity index (χ0) is 15.7. The molecule has 0 fully saturated rings. The zero-order valence-electron chi connectivity index (χ0n) is 12.3. The molecule has 0 saturated heterocycles. The quantitative estimate of drug-likeness (QED) is 0.771. The van der Waals surface area contributed by atoms with Crippen LogP contribution in [-0.2, 0) is 21.2 Å². The van der Waals surface area contributed by atoms with Gasteiger partial charge in [-0.15, -0.1) is 0 Å². The van der Waals surface area contributed by atoms with E-state index in [0.717, 1.165) is 5.56 Å². The summed E-state index contributed by atoms with van der Waals surface area (Å²) in [5, 5.41) is 2.78. The highest BCUT2D eigenvalue weighted by molar-refractivity contribution is 7.89. The molecule has 0 bridgehead atoms. The van der Waals surface area contributed by atoms with Crippen molar-refractivity contribution in [3.8, 4) is 0 Å². The van der Waals surface area contributed by atoms with Crippen molar-refractivity contribution in [1.82, 2.24) is 4.72 Å². The third-order valence-corrected chi connectivity index (χ3v) is 4.63. The number of sulfonamides is 1. The number of anilines is 1. The van der Waals surface area contributed by atoms with E-state index < -0.39 is 15.6 Å². The molecule has 0 radical (unpaired) electrons. The van der Waals surface area contributed by atoms with Crippen LogP contribution in [0.3, 0.4) is 0 Å². The largest absolute Gasteiger partial charge is 0.326 e. The van der Waals surface area contributed by atoms with Crippen LogP contribution < -0.4 is 15.8 Å². The predicted octanol–water partition coefficient (Wildman–Crippen LogP) is 0.977. The van der Waals surface area contributed by atoms with Gasteiger partial charge in [-0.1, -0.05) is 0 Å². The molecule has 7 heteroatoms. The average molecular weight is 311 g/mol. The molecule has 4 N–H and O–H groups in total. The lowest BCUT2D eigenvalue weighted by atomic mass is 10.1. The van der Waals surface area contributed by atoms with Crippen LogP contribution in [0.2, 0.25) is 0 Å². The molecule has 0 atom stereocenters. The second-order valence-corrected chi connectivity index (χ2v) is 7.80. The monoisotopic (exact) mass is 311 g/mol. The van der Waals surface area contributed by atoms with E-state index in [4.69, 9.17) is 5.73 Å². The average Bonchev–Trinajstić information content (AvgIpc) is 2.55. The minimum atomic E-state index is -3.60. The Kier molecular flexibility index (Phi) is 4.36. The molecule has 6 nitrogen and oxygen atoms in total. The Morgan fingerprint density at radius 1 is 1.33 bits per heavy atom. The number of fused-ring (bicyclic) bond motifs is 1. The van der Waals surface area contributed by atoms with Crippen molar-refractivity contribution in [1.29, 1.82) is 0 Å². The SMILES string of the molecule is CC(C)(N)CNS(=O)(=O)c1ccc2c(c1)CCCC(=O)N2. The number of hydrogen-bond donors (Lipinski definition) is 3. The van der Waals surface area contributed by atoms with Gasteiger partial charge in [0.15, 0.2) is 0 Å². The zero-order valence-corrected chi connectivity index (χ0v) is 13.1. The first-order chi connectivity index (χ1) is 9.67. The van der Waals surface area contributed by atoms with Crippen molar-refractivity contribution < 1.29 is 13.2 Å². The number of hydrogen-bond acceptors (Lipinski definition) is 4. The molecule has 0 unspecified atom stereocenters. The van der Waals surface area contributed by atoms with E-state index in [0.29, 0.717) is 24.9 Å². The third kappa shape index (κ3) is 4.26. The van der Waals surface area contributed by atoms with Crippen LogP contribution >= 0.6 is 0 Å². The molecule has 0 aliphatic carbocycles. The number of nitrogens with one attached hydrogen (secondary N) is 2. The van der Waals surface area contributed by atoms with Crippen LogP contribution in [0.15, 0.2) is 23.1 Å². The maximum absolute atomic E-state index is 12.3.